The highest BCUT2D eigenvalue weighted by molar-refractivity contribution is 5.81. The molecule has 2 aliphatic rings. The summed E-state index contributed by atoms with van der Waals surface area (Å²) in [6.07, 6.45) is -4.35. The molecule has 3 aromatic rings. The van der Waals surface area contributed by atoms with Crippen LogP contribution in [-0.4, -0.2) is 55.4 Å². The molecule has 2 N–H and O–H groups in total. The predicted molar refractivity (Wildman–Crippen MR) is 127 cm³/mol. The second-order valence-electron chi connectivity index (χ2n) is 8.82. The number of aliphatic hydroxyl groups excluding tert-OH is 1. The van der Waals surface area contributed by atoms with Crippen LogP contribution in [-0.2, 0) is 19.0 Å². The van der Waals surface area contributed by atoms with Crippen LogP contribution in [0.2, 0.25) is 0 Å². The zero-order valence-corrected chi connectivity index (χ0v) is 20.0. The minimum absolute atomic E-state index is 0.136. The Morgan fingerprint density at radius 3 is 2.56 bits per heavy atom. The maximum absolute atomic E-state index is 12.0. The van der Waals surface area contributed by atoms with Gasteiger partial charge in [0.15, 0.2) is 6.29 Å². The van der Waals surface area contributed by atoms with E-state index in [-0.39, 0.29) is 12.5 Å². The monoisotopic (exact) mass is 497 g/mol. The fourth-order valence-electron chi connectivity index (χ4n) is 4.52. The Balaban J connectivity index is 1.37. The topological polar surface area (TPSA) is 126 Å². The molecule has 2 aliphatic heterocycles. The Bertz CT molecular complexity index is 1310. The van der Waals surface area contributed by atoms with Gasteiger partial charge in [0.1, 0.15) is 41.4 Å². The smallest absolute Gasteiger partial charge is 0.336 e. The third kappa shape index (κ3) is 4.80. The highest BCUT2D eigenvalue weighted by atomic mass is 16.7. The normalized spacial score (nSPS) is 27.8. The molecule has 2 aromatic carbocycles. The van der Waals surface area contributed by atoms with Crippen LogP contribution in [0.15, 0.2) is 57.7 Å². The van der Waals surface area contributed by atoms with Crippen molar-refractivity contribution in [3.63, 3.8) is 0 Å². The Morgan fingerprint density at radius 1 is 1.08 bits per heavy atom. The Kier molecular flexibility index (Phi) is 6.67. The number of aryl methyl sites for hydroxylation is 1. The molecule has 10 nitrogen and oxygen atoms in total. The number of fused-ring (bicyclic) bond motifs is 2. The van der Waals surface area contributed by atoms with Gasteiger partial charge in [0, 0.05) is 30.0 Å². The molecule has 6 atom stereocenters. The van der Waals surface area contributed by atoms with Crippen molar-refractivity contribution in [2.24, 2.45) is 0 Å². The third-order valence-corrected chi connectivity index (χ3v) is 6.30. The van der Waals surface area contributed by atoms with Crippen LogP contribution in [0.1, 0.15) is 24.3 Å². The van der Waals surface area contributed by atoms with Gasteiger partial charge < -0.3 is 38.5 Å². The summed E-state index contributed by atoms with van der Waals surface area (Å²) < 4.78 is 34.5. The quantitative estimate of drug-likeness (QED) is 0.510. The first-order chi connectivity index (χ1) is 17.3. The van der Waals surface area contributed by atoms with Crippen molar-refractivity contribution in [2.45, 2.75) is 50.8 Å². The summed E-state index contributed by atoms with van der Waals surface area (Å²) in [5.41, 5.74) is 1.42. The number of nitrogens with one attached hydrogen (secondary N) is 1. The number of hydrogen-bond acceptors (Lipinski definition) is 9. The molecule has 5 rings (SSSR count). The lowest BCUT2D eigenvalue weighted by molar-refractivity contribution is -0.333. The summed E-state index contributed by atoms with van der Waals surface area (Å²) in [6, 6.07) is 12.7. The number of methoxy groups -OCH3 is 1. The number of amides is 1. The van der Waals surface area contributed by atoms with E-state index < -0.39 is 42.6 Å². The Labute approximate surface area is 206 Å². The van der Waals surface area contributed by atoms with Gasteiger partial charge in [-0.05, 0) is 36.8 Å². The van der Waals surface area contributed by atoms with Gasteiger partial charge in [-0.2, -0.15) is 0 Å². The average Bonchev–Trinajstić information content (AvgIpc) is 2.86. The van der Waals surface area contributed by atoms with Gasteiger partial charge in [-0.25, -0.2) is 4.79 Å². The first-order valence-corrected chi connectivity index (χ1v) is 11.5. The highest BCUT2D eigenvalue weighted by Crippen LogP contribution is 2.35. The molecule has 0 bridgehead atoms. The van der Waals surface area contributed by atoms with Gasteiger partial charge in [0.25, 0.3) is 0 Å². The van der Waals surface area contributed by atoms with Gasteiger partial charge in [0.05, 0.1) is 13.7 Å². The standard InChI is InChI=1S/C26H27NO9/c1-13-10-21(29)34-19-11-17(8-9-18(13)19)33-26-22(27-14(2)28)23(30)24-20(35-26)12-32-25(36-24)15-4-6-16(31-3)7-5-15/h4-11,20,22-26,30H,12H2,1-3H3,(H,27,28)/t20-,22-,23-,24+,25?,26+/m1/s1. The molecule has 1 amide bonds. The van der Waals surface area contributed by atoms with Crippen molar-refractivity contribution >= 4 is 16.9 Å². The van der Waals surface area contributed by atoms with E-state index in [1.807, 2.05) is 19.1 Å². The summed E-state index contributed by atoms with van der Waals surface area (Å²) in [5.74, 6) is 0.673. The van der Waals surface area contributed by atoms with Crippen LogP contribution in [0.25, 0.3) is 11.0 Å². The Morgan fingerprint density at radius 2 is 1.83 bits per heavy atom. The largest absolute Gasteiger partial charge is 0.497 e. The summed E-state index contributed by atoms with van der Waals surface area (Å²) in [6.45, 7) is 3.29. The van der Waals surface area contributed by atoms with Crippen LogP contribution in [0.5, 0.6) is 11.5 Å². The van der Waals surface area contributed by atoms with E-state index in [1.165, 1.54) is 13.0 Å². The van der Waals surface area contributed by atoms with Gasteiger partial charge >= 0.3 is 5.63 Å². The minimum Gasteiger partial charge on any atom is -0.497 e. The van der Waals surface area contributed by atoms with Crippen molar-refractivity contribution in [3.8, 4) is 11.5 Å². The zero-order valence-electron chi connectivity index (χ0n) is 20.0. The van der Waals surface area contributed by atoms with E-state index in [1.54, 1.807) is 37.4 Å². The van der Waals surface area contributed by atoms with Crippen LogP contribution >= 0.6 is 0 Å². The second kappa shape index (κ2) is 9.90. The molecule has 2 fully saturated rings. The molecule has 0 aliphatic carbocycles. The molecule has 10 heteroatoms. The van der Waals surface area contributed by atoms with E-state index >= 15 is 0 Å². The first kappa shape index (κ1) is 24.3. The predicted octanol–water partition coefficient (Wildman–Crippen LogP) is 2.19. The number of aliphatic hydroxyl groups is 1. The second-order valence-corrected chi connectivity index (χ2v) is 8.82. The minimum atomic E-state index is -1.15. The van der Waals surface area contributed by atoms with Gasteiger partial charge in [-0.1, -0.05) is 12.1 Å². The van der Waals surface area contributed by atoms with E-state index in [0.717, 1.165) is 16.5 Å². The molecule has 0 radical (unpaired) electrons. The summed E-state index contributed by atoms with van der Waals surface area (Å²) in [5, 5.41) is 14.7. The molecule has 3 heterocycles. The fourth-order valence-corrected chi connectivity index (χ4v) is 4.52. The van der Waals surface area contributed by atoms with E-state index in [9.17, 15) is 14.7 Å². The number of carbonyl (C=O) groups is 1. The van der Waals surface area contributed by atoms with Gasteiger partial charge in [-0.3, -0.25) is 4.79 Å². The summed E-state index contributed by atoms with van der Waals surface area (Å²) in [4.78, 5) is 23.7. The Hall–Kier alpha value is -3.44. The number of ether oxygens (including phenoxy) is 5. The fraction of sp³-hybridized carbons (Fsp3) is 0.385. The molecular weight excluding hydrogens is 470 g/mol. The van der Waals surface area contributed by atoms with E-state index in [0.29, 0.717) is 17.1 Å². The number of rotatable bonds is 5. The SMILES string of the molecule is COc1ccc(C2OC[C@H]3O[C@H](Oc4ccc5c(C)cc(=O)oc5c4)[C@H](NC(C)=O)[C@@H](O)[C@H]3O2)cc1. The van der Waals surface area contributed by atoms with Crippen LogP contribution in [0.3, 0.4) is 0 Å². The average molecular weight is 498 g/mol. The van der Waals surface area contributed by atoms with Crippen molar-refractivity contribution in [3.05, 3.63) is 70.1 Å². The zero-order chi connectivity index (χ0) is 25.4. The highest BCUT2D eigenvalue weighted by Gasteiger charge is 2.50. The maximum Gasteiger partial charge on any atom is 0.336 e. The molecule has 190 valence electrons. The third-order valence-electron chi connectivity index (χ3n) is 6.30. The lowest BCUT2D eigenvalue weighted by atomic mass is 9.95. The van der Waals surface area contributed by atoms with E-state index in [2.05, 4.69) is 5.32 Å². The molecule has 0 saturated carbocycles. The molecule has 36 heavy (non-hydrogen) atoms. The van der Waals surface area contributed by atoms with Gasteiger partial charge in [-0.15, -0.1) is 0 Å². The lowest BCUT2D eigenvalue weighted by Gasteiger charge is -2.47. The van der Waals surface area contributed by atoms with Gasteiger partial charge in [0.2, 0.25) is 12.2 Å². The first-order valence-electron chi connectivity index (χ1n) is 11.5. The lowest BCUT2D eigenvalue weighted by Crippen LogP contribution is -2.67. The van der Waals surface area contributed by atoms with Crippen LogP contribution in [0.4, 0.5) is 0 Å². The van der Waals surface area contributed by atoms with Crippen molar-refractivity contribution in [1.29, 1.82) is 0 Å². The van der Waals surface area contributed by atoms with Crippen molar-refractivity contribution < 1.29 is 38.0 Å². The van der Waals surface area contributed by atoms with Crippen molar-refractivity contribution in [1.82, 2.24) is 5.32 Å². The number of carbonyl (C=O) groups excluding carboxylic acids is 1. The summed E-state index contributed by atoms with van der Waals surface area (Å²) >= 11 is 0. The summed E-state index contributed by atoms with van der Waals surface area (Å²) in [7, 11) is 1.58. The van der Waals surface area contributed by atoms with Crippen LogP contribution in [0, 0.1) is 6.92 Å². The number of hydrogen-bond donors (Lipinski definition) is 2. The van der Waals surface area contributed by atoms with E-state index in [4.69, 9.17) is 28.1 Å². The molecular formula is C26H27NO9. The molecule has 1 unspecified atom stereocenters. The van der Waals surface area contributed by atoms with Crippen LogP contribution < -0.4 is 20.4 Å². The molecule has 2 saturated heterocycles. The molecule has 1 aromatic heterocycles. The van der Waals surface area contributed by atoms with Crippen molar-refractivity contribution in [2.75, 3.05) is 13.7 Å². The number of benzene rings is 2. The maximum atomic E-state index is 12.0. The molecule has 0 spiro atoms.